The van der Waals surface area contributed by atoms with Crippen molar-refractivity contribution in [2.24, 2.45) is 16.3 Å². The molecular formula is C13H29N3OS. The van der Waals surface area contributed by atoms with Gasteiger partial charge in [0.2, 0.25) is 0 Å². The number of amidine groups is 1. The fourth-order valence-electron chi connectivity index (χ4n) is 1.97. The van der Waals surface area contributed by atoms with E-state index in [9.17, 15) is 0 Å². The van der Waals surface area contributed by atoms with Crippen LogP contribution in [0.4, 0.5) is 0 Å². The first-order chi connectivity index (χ1) is 8.38. The molecule has 0 aromatic heterocycles. The van der Waals surface area contributed by atoms with E-state index < -0.39 is 0 Å². The highest BCUT2D eigenvalue weighted by atomic mass is 32.2. The summed E-state index contributed by atoms with van der Waals surface area (Å²) < 4.78 is 0. The molecule has 108 valence electrons. The first-order valence-electron chi connectivity index (χ1n) is 6.56. The van der Waals surface area contributed by atoms with Crippen LogP contribution in [0.25, 0.3) is 0 Å². The van der Waals surface area contributed by atoms with Gasteiger partial charge in [-0.3, -0.25) is 0 Å². The second kappa shape index (κ2) is 8.64. The molecular weight excluding hydrogens is 246 g/mol. The van der Waals surface area contributed by atoms with Crippen LogP contribution in [0.15, 0.2) is 5.16 Å². The summed E-state index contributed by atoms with van der Waals surface area (Å²) in [7, 11) is 2.18. The summed E-state index contributed by atoms with van der Waals surface area (Å²) in [5.41, 5.74) is 5.46. The van der Waals surface area contributed by atoms with E-state index in [0.717, 1.165) is 19.4 Å². The normalized spacial score (nSPS) is 15.1. The SMILES string of the molecule is CCC(CSC)N(C)CCCC(C)(C)C(N)=NO. The Morgan fingerprint density at radius 3 is 2.56 bits per heavy atom. The van der Waals surface area contributed by atoms with Crippen LogP contribution in [0, 0.1) is 5.41 Å². The smallest absolute Gasteiger partial charge is 0.144 e. The Morgan fingerprint density at radius 2 is 2.11 bits per heavy atom. The van der Waals surface area contributed by atoms with Gasteiger partial charge < -0.3 is 15.8 Å². The summed E-state index contributed by atoms with van der Waals surface area (Å²) in [5.74, 6) is 1.50. The van der Waals surface area contributed by atoms with E-state index in [1.165, 1.54) is 12.2 Å². The third-order valence-corrected chi connectivity index (χ3v) is 4.29. The number of nitrogens with two attached hydrogens (primary N) is 1. The zero-order chi connectivity index (χ0) is 14.2. The fraction of sp³-hybridized carbons (Fsp3) is 0.923. The van der Waals surface area contributed by atoms with Crippen LogP contribution in [-0.2, 0) is 0 Å². The Labute approximate surface area is 116 Å². The molecule has 0 rings (SSSR count). The van der Waals surface area contributed by atoms with Crippen molar-refractivity contribution in [3.05, 3.63) is 0 Å². The monoisotopic (exact) mass is 275 g/mol. The molecule has 0 aromatic rings. The number of hydrogen-bond acceptors (Lipinski definition) is 4. The molecule has 18 heavy (non-hydrogen) atoms. The standard InChI is InChI=1S/C13H29N3OS/c1-6-11(10-18-5)16(4)9-7-8-13(2,3)12(14)15-17/h11,17H,6-10H2,1-5H3,(H2,14,15). The minimum absolute atomic E-state index is 0.225. The Kier molecular flexibility index (Phi) is 8.44. The van der Waals surface area contributed by atoms with E-state index >= 15 is 0 Å². The minimum atomic E-state index is -0.225. The van der Waals surface area contributed by atoms with Crippen molar-refractivity contribution < 1.29 is 5.21 Å². The molecule has 0 fully saturated rings. The molecule has 5 heteroatoms. The van der Waals surface area contributed by atoms with Crippen LogP contribution in [-0.4, -0.2) is 47.6 Å². The van der Waals surface area contributed by atoms with E-state index in [-0.39, 0.29) is 5.41 Å². The average Bonchev–Trinajstić information content (AvgIpc) is 2.34. The van der Waals surface area contributed by atoms with Crippen LogP contribution in [0.5, 0.6) is 0 Å². The molecule has 0 amide bonds. The summed E-state index contributed by atoms with van der Waals surface area (Å²) in [5, 5.41) is 11.8. The third-order valence-electron chi connectivity index (χ3n) is 3.57. The van der Waals surface area contributed by atoms with Gasteiger partial charge in [-0.1, -0.05) is 25.9 Å². The Hall–Kier alpha value is -0.420. The first-order valence-corrected chi connectivity index (χ1v) is 7.95. The number of hydrogen-bond donors (Lipinski definition) is 2. The fourth-order valence-corrected chi connectivity index (χ4v) is 2.84. The topological polar surface area (TPSA) is 61.8 Å². The number of rotatable bonds is 9. The molecule has 0 aliphatic rings. The lowest BCUT2D eigenvalue weighted by Gasteiger charge is -2.28. The molecule has 0 saturated heterocycles. The van der Waals surface area contributed by atoms with E-state index in [1.807, 2.05) is 25.6 Å². The van der Waals surface area contributed by atoms with E-state index in [1.54, 1.807) is 0 Å². The van der Waals surface area contributed by atoms with Gasteiger partial charge in [0.1, 0.15) is 5.84 Å². The summed E-state index contributed by atoms with van der Waals surface area (Å²) in [6.07, 6.45) is 5.33. The lowest BCUT2D eigenvalue weighted by Crippen LogP contribution is -2.36. The highest BCUT2D eigenvalue weighted by Gasteiger charge is 2.23. The zero-order valence-electron chi connectivity index (χ0n) is 12.4. The number of oxime groups is 1. The highest BCUT2D eigenvalue weighted by Crippen LogP contribution is 2.23. The maximum atomic E-state index is 8.72. The van der Waals surface area contributed by atoms with E-state index in [0.29, 0.717) is 11.9 Å². The largest absolute Gasteiger partial charge is 0.409 e. The van der Waals surface area contributed by atoms with Crippen molar-refractivity contribution >= 4 is 17.6 Å². The summed E-state index contributed by atoms with van der Waals surface area (Å²) >= 11 is 1.90. The van der Waals surface area contributed by atoms with Crippen molar-refractivity contribution in [3.8, 4) is 0 Å². The maximum absolute atomic E-state index is 8.72. The van der Waals surface area contributed by atoms with Gasteiger partial charge in [0.05, 0.1) is 0 Å². The second-order valence-corrected chi connectivity index (χ2v) is 6.38. The molecule has 0 aliphatic carbocycles. The average molecular weight is 275 g/mol. The van der Waals surface area contributed by atoms with Gasteiger partial charge in [-0.25, -0.2) is 0 Å². The molecule has 0 bridgehead atoms. The van der Waals surface area contributed by atoms with Crippen molar-refractivity contribution in [1.29, 1.82) is 0 Å². The molecule has 3 N–H and O–H groups in total. The molecule has 0 aromatic carbocycles. The van der Waals surface area contributed by atoms with Crippen molar-refractivity contribution in [2.75, 3.05) is 25.6 Å². The van der Waals surface area contributed by atoms with E-state index in [2.05, 4.69) is 30.3 Å². The zero-order valence-corrected chi connectivity index (χ0v) is 13.3. The van der Waals surface area contributed by atoms with Gasteiger partial charge in [0.15, 0.2) is 0 Å². The Morgan fingerprint density at radius 1 is 1.50 bits per heavy atom. The number of nitrogens with zero attached hydrogens (tertiary/aromatic N) is 2. The quantitative estimate of drug-likeness (QED) is 0.294. The second-order valence-electron chi connectivity index (χ2n) is 5.47. The predicted molar refractivity (Wildman–Crippen MR) is 81.5 cm³/mol. The molecule has 4 nitrogen and oxygen atoms in total. The van der Waals surface area contributed by atoms with Gasteiger partial charge in [-0.2, -0.15) is 11.8 Å². The predicted octanol–water partition coefficient (Wildman–Crippen LogP) is 2.61. The minimum Gasteiger partial charge on any atom is -0.409 e. The summed E-state index contributed by atoms with van der Waals surface area (Å²) in [6.45, 7) is 7.32. The van der Waals surface area contributed by atoms with Crippen molar-refractivity contribution in [2.45, 2.75) is 46.1 Å². The summed E-state index contributed by atoms with van der Waals surface area (Å²) in [4.78, 5) is 2.42. The van der Waals surface area contributed by atoms with Crippen molar-refractivity contribution in [1.82, 2.24) is 4.90 Å². The molecule has 0 aliphatic heterocycles. The van der Waals surface area contributed by atoms with Gasteiger partial charge in [0, 0.05) is 17.2 Å². The van der Waals surface area contributed by atoms with Crippen LogP contribution in [0.3, 0.4) is 0 Å². The van der Waals surface area contributed by atoms with Gasteiger partial charge in [0.25, 0.3) is 0 Å². The molecule has 0 spiro atoms. The molecule has 0 saturated carbocycles. The Bertz CT molecular complexity index is 257. The van der Waals surface area contributed by atoms with Crippen LogP contribution in [0.2, 0.25) is 0 Å². The van der Waals surface area contributed by atoms with Crippen LogP contribution < -0.4 is 5.73 Å². The van der Waals surface area contributed by atoms with Gasteiger partial charge in [-0.05, 0) is 39.1 Å². The van der Waals surface area contributed by atoms with Gasteiger partial charge in [-0.15, -0.1) is 0 Å². The first kappa shape index (κ1) is 17.6. The van der Waals surface area contributed by atoms with Crippen molar-refractivity contribution in [3.63, 3.8) is 0 Å². The maximum Gasteiger partial charge on any atom is 0.144 e. The lowest BCUT2D eigenvalue weighted by molar-refractivity contribution is 0.240. The molecule has 0 radical (unpaired) electrons. The lowest BCUT2D eigenvalue weighted by atomic mass is 9.86. The van der Waals surface area contributed by atoms with Crippen LogP contribution in [0.1, 0.15) is 40.0 Å². The van der Waals surface area contributed by atoms with E-state index in [4.69, 9.17) is 10.9 Å². The van der Waals surface area contributed by atoms with Gasteiger partial charge >= 0.3 is 0 Å². The number of thioether (sulfide) groups is 1. The summed E-state index contributed by atoms with van der Waals surface area (Å²) in [6, 6.07) is 0.645. The molecule has 1 atom stereocenters. The van der Waals surface area contributed by atoms with Crippen LogP contribution >= 0.6 is 11.8 Å². The Balaban J connectivity index is 4.10. The third kappa shape index (κ3) is 5.96. The molecule has 1 unspecified atom stereocenters. The highest BCUT2D eigenvalue weighted by molar-refractivity contribution is 7.98. The molecule has 0 heterocycles.